The summed E-state index contributed by atoms with van der Waals surface area (Å²) in [6.07, 6.45) is 0.0161. The molecular formula is C22H24N2O4. The number of para-hydroxylation sites is 2. The van der Waals surface area contributed by atoms with Crippen LogP contribution in [0.5, 0.6) is 11.5 Å². The molecule has 0 bridgehead atoms. The van der Waals surface area contributed by atoms with Gasteiger partial charge in [-0.2, -0.15) is 0 Å². The van der Waals surface area contributed by atoms with E-state index in [0.29, 0.717) is 32.0 Å². The zero-order valence-electron chi connectivity index (χ0n) is 15.9. The van der Waals surface area contributed by atoms with Crippen molar-refractivity contribution in [2.24, 2.45) is 5.92 Å². The summed E-state index contributed by atoms with van der Waals surface area (Å²) < 4.78 is 11.5. The number of likely N-dealkylation sites (tertiary alicyclic amines) is 1. The lowest BCUT2D eigenvalue weighted by Crippen LogP contribution is -2.43. The molecule has 2 aromatic carbocycles. The molecule has 0 aliphatic carbocycles. The zero-order valence-corrected chi connectivity index (χ0v) is 15.9. The van der Waals surface area contributed by atoms with Crippen LogP contribution in [-0.2, 0) is 16.1 Å². The molecular weight excluding hydrogens is 356 g/mol. The second kappa shape index (κ2) is 7.92. The molecule has 1 fully saturated rings. The molecule has 2 aromatic rings. The Labute approximate surface area is 164 Å². The van der Waals surface area contributed by atoms with Gasteiger partial charge in [0.2, 0.25) is 11.8 Å². The van der Waals surface area contributed by atoms with Gasteiger partial charge in [0, 0.05) is 19.5 Å². The van der Waals surface area contributed by atoms with Crippen molar-refractivity contribution in [2.45, 2.75) is 26.0 Å². The molecule has 0 radical (unpaired) electrons. The summed E-state index contributed by atoms with van der Waals surface area (Å²) in [6, 6.07) is 15.6. The number of benzene rings is 2. The van der Waals surface area contributed by atoms with Gasteiger partial charge >= 0.3 is 0 Å². The third-order valence-electron chi connectivity index (χ3n) is 5.15. The standard InChI is InChI=1S/C22H24N2O4/c1-15-6-8-16(9-7-15)12-24-13-17(10-21(24)25)22(26)23-11-18-14-27-19-4-2-3-5-20(19)28-18/h2-9,17-18H,10-14H2,1H3,(H,23,26). The van der Waals surface area contributed by atoms with Gasteiger partial charge in [-0.25, -0.2) is 0 Å². The Hall–Kier alpha value is -3.02. The SMILES string of the molecule is Cc1ccc(CN2CC(C(=O)NCC3COc4ccccc4O3)CC2=O)cc1. The second-order valence-corrected chi connectivity index (χ2v) is 7.40. The molecule has 2 aliphatic heterocycles. The van der Waals surface area contributed by atoms with Crippen molar-refractivity contribution < 1.29 is 19.1 Å². The van der Waals surface area contributed by atoms with Gasteiger partial charge in [0.05, 0.1) is 12.5 Å². The van der Waals surface area contributed by atoms with E-state index in [0.717, 1.165) is 11.3 Å². The molecule has 0 spiro atoms. The summed E-state index contributed by atoms with van der Waals surface area (Å²) in [5.41, 5.74) is 2.26. The smallest absolute Gasteiger partial charge is 0.225 e. The molecule has 28 heavy (non-hydrogen) atoms. The first-order chi connectivity index (χ1) is 13.6. The minimum absolute atomic E-state index is 0.0203. The van der Waals surface area contributed by atoms with Crippen LogP contribution in [-0.4, -0.2) is 42.5 Å². The van der Waals surface area contributed by atoms with Crippen molar-refractivity contribution in [3.8, 4) is 11.5 Å². The van der Waals surface area contributed by atoms with E-state index in [1.54, 1.807) is 4.90 Å². The number of amides is 2. The largest absolute Gasteiger partial charge is 0.486 e. The maximum Gasteiger partial charge on any atom is 0.225 e. The summed E-state index contributed by atoms with van der Waals surface area (Å²) in [5.74, 6) is 0.996. The first-order valence-electron chi connectivity index (χ1n) is 9.58. The van der Waals surface area contributed by atoms with E-state index in [4.69, 9.17) is 9.47 Å². The lowest BCUT2D eigenvalue weighted by atomic mass is 10.1. The number of fused-ring (bicyclic) bond motifs is 1. The van der Waals surface area contributed by atoms with Crippen LogP contribution in [0.1, 0.15) is 17.5 Å². The monoisotopic (exact) mass is 380 g/mol. The van der Waals surface area contributed by atoms with E-state index >= 15 is 0 Å². The van der Waals surface area contributed by atoms with Crippen molar-refractivity contribution in [1.29, 1.82) is 0 Å². The van der Waals surface area contributed by atoms with Gasteiger partial charge in [0.15, 0.2) is 11.5 Å². The predicted octanol–water partition coefficient (Wildman–Crippen LogP) is 2.30. The number of aryl methyl sites for hydroxylation is 1. The van der Waals surface area contributed by atoms with Crippen molar-refractivity contribution in [2.75, 3.05) is 19.7 Å². The Morgan fingerprint density at radius 1 is 1.14 bits per heavy atom. The second-order valence-electron chi connectivity index (χ2n) is 7.40. The Morgan fingerprint density at radius 3 is 2.68 bits per heavy atom. The van der Waals surface area contributed by atoms with Crippen LogP contribution in [0.15, 0.2) is 48.5 Å². The molecule has 6 nitrogen and oxygen atoms in total. The fourth-order valence-electron chi connectivity index (χ4n) is 3.54. The molecule has 2 aliphatic rings. The number of hydrogen-bond acceptors (Lipinski definition) is 4. The van der Waals surface area contributed by atoms with E-state index < -0.39 is 0 Å². The highest BCUT2D eigenvalue weighted by atomic mass is 16.6. The van der Waals surface area contributed by atoms with Gasteiger partial charge in [0.1, 0.15) is 12.7 Å². The molecule has 2 unspecified atom stereocenters. The van der Waals surface area contributed by atoms with Crippen LogP contribution < -0.4 is 14.8 Å². The average Bonchev–Trinajstić information content (AvgIpc) is 3.08. The summed E-state index contributed by atoms with van der Waals surface area (Å²) in [6.45, 7) is 3.77. The quantitative estimate of drug-likeness (QED) is 0.864. The van der Waals surface area contributed by atoms with Crippen LogP contribution in [0.3, 0.4) is 0 Å². The fraction of sp³-hybridized carbons (Fsp3) is 0.364. The minimum atomic E-state index is -0.324. The Morgan fingerprint density at radius 2 is 1.89 bits per heavy atom. The Bertz CT molecular complexity index is 865. The number of rotatable bonds is 5. The molecule has 1 saturated heterocycles. The summed E-state index contributed by atoms with van der Waals surface area (Å²) in [4.78, 5) is 26.6. The molecule has 2 amide bonds. The number of nitrogens with zero attached hydrogens (tertiary/aromatic N) is 1. The maximum absolute atomic E-state index is 12.5. The van der Waals surface area contributed by atoms with Gasteiger partial charge in [-0.1, -0.05) is 42.0 Å². The third kappa shape index (κ3) is 4.11. The van der Waals surface area contributed by atoms with Crippen LogP contribution >= 0.6 is 0 Å². The minimum Gasteiger partial charge on any atom is -0.486 e. The average molecular weight is 380 g/mol. The molecule has 0 aromatic heterocycles. The van der Waals surface area contributed by atoms with Gasteiger partial charge < -0.3 is 19.7 Å². The van der Waals surface area contributed by atoms with Crippen LogP contribution in [0.2, 0.25) is 0 Å². The van der Waals surface area contributed by atoms with Gasteiger partial charge in [-0.3, -0.25) is 9.59 Å². The number of carbonyl (C=O) groups excluding carboxylic acids is 2. The van der Waals surface area contributed by atoms with Gasteiger partial charge in [-0.15, -0.1) is 0 Å². The number of carbonyl (C=O) groups is 2. The van der Waals surface area contributed by atoms with Gasteiger partial charge in [-0.05, 0) is 24.6 Å². The Balaban J connectivity index is 1.27. The molecule has 2 heterocycles. The summed E-state index contributed by atoms with van der Waals surface area (Å²) >= 11 is 0. The molecule has 146 valence electrons. The number of ether oxygens (including phenoxy) is 2. The number of hydrogen-bond donors (Lipinski definition) is 1. The van der Waals surface area contributed by atoms with Crippen molar-refractivity contribution >= 4 is 11.8 Å². The Kier molecular flexibility index (Phi) is 5.19. The molecule has 1 N–H and O–H groups in total. The highest BCUT2D eigenvalue weighted by molar-refractivity contribution is 5.89. The predicted molar refractivity (Wildman–Crippen MR) is 104 cm³/mol. The van der Waals surface area contributed by atoms with E-state index in [1.807, 2.05) is 55.5 Å². The van der Waals surface area contributed by atoms with Crippen LogP contribution in [0, 0.1) is 12.8 Å². The molecule has 2 atom stereocenters. The number of nitrogens with one attached hydrogen (secondary N) is 1. The fourth-order valence-corrected chi connectivity index (χ4v) is 3.54. The lowest BCUT2D eigenvalue weighted by Gasteiger charge is -2.26. The molecule has 4 rings (SSSR count). The van der Waals surface area contributed by atoms with E-state index in [2.05, 4.69) is 5.32 Å². The molecule has 6 heteroatoms. The summed E-state index contributed by atoms with van der Waals surface area (Å²) in [5, 5.41) is 2.91. The van der Waals surface area contributed by atoms with Gasteiger partial charge in [0.25, 0.3) is 0 Å². The van der Waals surface area contributed by atoms with E-state index in [1.165, 1.54) is 5.56 Å². The first kappa shape index (κ1) is 18.3. The topological polar surface area (TPSA) is 67.9 Å². The highest BCUT2D eigenvalue weighted by Crippen LogP contribution is 2.30. The van der Waals surface area contributed by atoms with E-state index in [9.17, 15) is 9.59 Å². The first-order valence-corrected chi connectivity index (χ1v) is 9.58. The molecule has 0 saturated carbocycles. The highest BCUT2D eigenvalue weighted by Gasteiger charge is 2.34. The summed E-state index contributed by atoms with van der Waals surface area (Å²) in [7, 11) is 0. The van der Waals surface area contributed by atoms with Crippen LogP contribution in [0.25, 0.3) is 0 Å². The van der Waals surface area contributed by atoms with Crippen molar-refractivity contribution in [3.05, 3.63) is 59.7 Å². The zero-order chi connectivity index (χ0) is 19.5. The third-order valence-corrected chi connectivity index (χ3v) is 5.15. The lowest BCUT2D eigenvalue weighted by molar-refractivity contribution is -0.129. The maximum atomic E-state index is 12.5. The van der Waals surface area contributed by atoms with Crippen molar-refractivity contribution in [3.63, 3.8) is 0 Å². The van der Waals surface area contributed by atoms with E-state index in [-0.39, 0.29) is 30.3 Å². The van der Waals surface area contributed by atoms with Crippen molar-refractivity contribution in [1.82, 2.24) is 10.2 Å². The van der Waals surface area contributed by atoms with Crippen LogP contribution in [0.4, 0.5) is 0 Å². The normalized spacial score (nSPS) is 20.9.